The van der Waals surface area contributed by atoms with Crippen LogP contribution in [0.15, 0.2) is 0 Å². The quantitative estimate of drug-likeness (QED) is 0.712. The number of carbonyl (C=O) groups excluding carboxylic acids is 1. The van der Waals surface area contributed by atoms with Crippen molar-refractivity contribution in [1.82, 2.24) is 10.6 Å². The highest BCUT2D eigenvalue weighted by Gasteiger charge is 2.48. The molecule has 1 spiro atoms. The van der Waals surface area contributed by atoms with Crippen molar-refractivity contribution in [3.63, 3.8) is 0 Å². The first kappa shape index (κ1) is 14.2. The van der Waals surface area contributed by atoms with Crippen LogP contribution < -0.4 is 10.6 Å². The second-order valence-electron chi connectivity index (χ2n) is 4.04. The fraction of sp³-hybridized carbons (Fsp3) is 0.889. The van der Waals surface area contributed by atoms with Gasteiger partial charge >= 0.3 is 0 Å². The van der Waals surface area contributed by atoms with Crippen LogP contribution in [0.5, 0.6) is 0 Å². The minimum Gasteiger partial charge on any atom is -0.317 e. The molecular weight excluding hydrogens is 223 g/mol. The van der Waals surface area contributed by atoms with Gasteiger partial charge in [-0.25, -0.2) is 0 Å². The summed E-state index contributed by atoms with van der Waals surface area (Å²) in [7, 11) is 0. The molecule has 1 atom stereocenters. The summed E-state index contributed by atoms with van der Waals surface area (Å²) >= 11 is 0. The third kappa shape index (κ3) is 2.22. The molecule has 0 aromatic carbocycles. The Hall–Kier alpha value is 0.170. The molecule has 0 radical (unpaired) electrons. The van der Waals surface area contributed by atoms with Gasteiger partial charge in [0, 0.05) is 12.0 Å². The molecule has 5 heteroatoms. The highest BCUT2D eigenvalue weighted by molar-refractivity contribution is 5.85. The molecule has 3 nitrogen and oxygen atoms in total. The first-order chi connectivity index (χ1) is 5.75. The van der Waals surface area contributed by atoms with Crippen LogP contribution in [-0.2, 0) is 4.79 Å². The molecule has 84 valence electrons. The Bertz CT molecular complexity index is 205. The molecule has 14 heavy (non-hydrogen) atoms. The highest BCUT2D eigenvalue weighted by atomic mass is 35.5. The number of piperidine rings is 1. The molecule has 0 saturated carbocycles. The fourth-order valence-corrected chi connectivity index (χ4v) is 2.46. The molecule has 2 aliphatic rings. The summed E-state index contributed by atoms with van der Waals surface area (Å²) < 4.78 is 0. The van der Waals surface area contributed by atoms with Crippen molar-refractivity contribution < 1.29 is 4.79 Å². The van der Waals surface area contributed by atoms with E-state index in [0.29, 0.717) is 11.2 Å². The number of ketones is 1. The zero-order valence-corrected chi connectivity index (χ0v) is 9.97. The van der Waals surface area contributed by atoms with E-state index in [4.69, 9.17) is 0 Å². The number of halogens is 2. The minimum atomic E-state index is 0. The maximum Gasteiger partial charge on any atom is 0.147 e. The Labute approximate surface area is 97.2 Å². The summed E-state index contributed by atoms with van der Waals surface area (Å²) in [6.07, 6.45) is 2.31. The summed E-state index contributed by atoms with van der Waals surface area (Å²) in [6.45, 7) is 4.89. The van der Waals surface area contributed by atoms with Gasteiger partial charge in [-0.1, -0.05) is 0 Å². The van der Waals surface area contributed by atoms with Crippen molar-refractivity contribution in [3.8, 4) is 0 Å². The molecule has 0 aliphatic carbocycles. The molecule has 0 aromatic rings. The first-order valence-electron chi connectivity index (χ1n) is 4.69. The lowest BCUT2D eigenvalue weighted by Crippen LogP contribution is -2.67. The van der Waals surface area contributed by atoms with E-state index in [1.807, 2.05) is 0 Å². The van der Waals surface area contributed by atoms with Gasteiger partial charge < -0.3 is 10.6 Å². The van der Waals surface area contributed by atoms with E-state index in [1.54, 1.807) is 6.92 Å². The van der Waals surface area contributed by atoms with Gasteiger partial charge in [0.25, 0.3) is 0 Å². The van der Waals surface area contributed by atoms with E-state index in [-0.39, 0.29) is 30.9 Å². The van der Waals surface area contributed by atoms with E-state index in [9.17, 15) is 4.79 Å². The van der Waals surface area contributed by atoms with E-state index in [1.165, 1.54) is 0 Å². The summed E-state index contributed by atoms with van der Waals surface area (Å²) in [6, 6.07) is 0.152. The molecule has 2 heterocycles. The topological polar surface area (TPSA) is 41.1 Å². The van der Waals surface area contributed by atoms with Gasteiger partial charge in [-0.05, 0) is 32.9 Å². The van der Waals surface area contributed by atoms with Crippen molar-refractivity contribution in [1.29, 1.82) is 0 Å². The molecule has 2 N–H and O–H groups in total. The third-order valence-electron chi connectivity index (χ3n) is 3.28. The minimum absolute atomic E-state index is 0. The molecule has 2 aliphatic heterocycles. The second kappa shape index (κ2) is 5.31. The number of carbonyl (C=O) groups is 1. The Morgan fingerprint density at radius 2 is 1.86 bits per heavy atom. The Morgan fingerprint density at radius 1 is 1.29 bits per heavy atom. The number of hydrogen-bond acceptors (Lipinski definition) is 3. The molecule has 0 aromatic heterocycles. The van der Waals surface area contributed by atoms with Crippen LogP contribution >= 0.6 is 24.8 Å². The zero-order valence-electron chi connectivity index (χ0n) is 8.34. The van der Waals surface area contributed by atoms with Crippen LogP contribution in [0.1, 0.15) is 19.8 Å². The molecule has 2 fully saturated rings. The first-order valence-corrected chi connectivity index (χ1v) is 4.69. The Balaban J connectivity index is 0.000000845. The maximum atomic E-state index is 11.2. The van der Waals surface area contributed by atoms with Crippen molar-refractivity contribution in [3.05, 3.63) is 0 Å². The van der Waals surface area contributed by atoms with Gasteiger partial charge in [-0.15, -0.1) is 24.8 Å². The summed E-state index contributed by atoms with van der Waals surface area (Å²) in [5, 5.41) is 6.56. The van der Waals surface area contributed by atoms with Crippen LogP contribution in [0.4, 0.5) is 0 Å². The molecule has 1 unspecified atom stereocenters. The molecule has 2 rings (SSSR count). The normalized spacial score (nSPS) is 28.2. The number of nitrogens with one attached hydrogen (secondary N) is 2. The molecule has 0 bridgehead atoms. The molecular formula is C9H18Cl2N2O. The average Bonchev–Trinajstić information content (AvgIpc) is 2.03. The molecule has 0 amide bonds. The van der Waals surface area contributed by atoms with Crippen molar-refractivity contribution >= 4 is 30.6 Å². The number of rotatable bonds is 1. The average molecular weight is 241 g/mol. The smallest absolute Gasteiger partial charge is 0.147 e. The summed E-state index contributed by atoms with van der Waals surface area (Å²) in [5.41, 5.74) is 0.317. The van der Waals surface area contributed by atoms with Gasteiger partial charge in [0.1, 0.15) is 5.78 Å². The standard InChI is InChI=1S/C9H16N2O.2ClH/c1-7(12)8-9(6-11-8)2-4-10-5-3-9;;/h8,10-11H,2-6H2,1H3;2*1H. The Kier molecular flexibility index (Phi) is 5.37. The monoisotopic (exact) mass is 240 g/mol. The van der Waals surface area contributed by atoms with Gasteiger partial charge in [-0.3, -0.25) is 4.79 Å². The van der Waals surface area contributed by atoms with Gasteiger partial charge in [-0.2, -0.15) is 0 Å². The predicted molar refractivity (Wildman–Crippen MR) is 61.5 cm³/mol. The van der Waals surface area contributed by atoms with Gasteiger partial charge in [0.2, 0.25) is 0 Å². The lowest BCUT2D eigenvalue weighted by atomic mass is 9.66. The van der Waals surface area contributed by atoms with Gasteiger partial charge in [0.05, 0.1) is 6.04 Å². The van der Waals surface area contributed by atoms with Crippen molar-refractivity contribution in [2.24, 2.45) is 5.41 Å². The maximum absolute atomic E-state index is 11.2. The van der Waals surface area contributed by atoms with Crippen molar-refractivity contribution in [2.75, 3.05) is 19.6 Å². The van der Waals surface area contributed by atoms with E-state index < -0.39 is 0 Å². The fourth-order valence-electron chi connectivity index (χ4n) is 2.46. The zero-order chi connectivity index (χ0) is 8.60. The SMILES string of the molecule is CC(=O)C1NCC12CCNCC2.Cl.Cl. The lowest BCUT2D eigenvalue weighted by Gasteiger charge is -2.51. The van der Waals surface area contributed by atoms with Crippen LogP contribution in [-0.4, -0.2) is 31.5 Å². The van der Waals surface area contributed by atoms with E-state index >= 15 is 0 Å². The van der Waals surface area contributed by atoms with Gasteiger partial charge in [0.15, 0.2) is 0 Å². The van der Waals surface area contributed by atoms with Crippen molar-refractivity contribution in [2.45, 2.75) is 25.8 Å². The number of Topliss-reactive ketones (excluding diaryl/α,β-unsaturated/α-hetero) is 1. The lowest BCUT2D eigenvalue weighted by molar-refractivity contribution is -0.127. The number of hydrogen-bond donors (Lipinski definition) is 2. The van der Waals surface area contributed by atoms with Crippen LogP contribution in [0.25, 0.3) is 0 Å². The largest absolute Gasteiger partial charge is 0.317 e. The predicted octanol–water partition coefficient (Wildman–Crippen LogP) is 0.761. The van der Waals surface area contributed by atoms with Crippen LogP contribution in [0.2, 0.25) is 0 Å². The summed E-state index contributed by atoms with van der Waals surface area (Å²) in [4.78, 5) is 11.2. The summed E-state index contributed by atoms with van der Waals surface area (Å²) in [5.74, 6) is 0.308. The van der Waals surface area contributed by atoms with Crippen LogP contribution in [0, 0.1) is 5.41 Å². The van der Waals surface area contributed by atoms with E-state index in [2.05, 4.69) is 10.6 Å². The third-order valence-corrected chi connectivity index (χ3v) is 3.28. The van der Waals surface area contributed by atoms with Crippen LogP contribution in [0.3, 0.4) is 0 Å². The van der Waals surface area contributed by atoms with E-state index in [0.717, 1.165) is 32.5 Å². The highest BCUT2D eigenvalue weighted by Crippen LogP contribution is 2.38. The molecule has 2 saturated heterocycles. The second-order valence-corrected chi connectivity index (χ2v) is 4.04. The Morgan fingerprint density at radius 3 is 2.21 bits per heavy atom.